The molecule has 25 heavy (non-hydrogen) atoms. The van der Waals surface area contributed by atoms with Gasteiger partial charge in [-0.05, 0) is 31.5 Å². The van der Waals surface area contributed by atoms with E-state index in [2.05, 4.69) is 25.6 Å². The van der Waals surface area contributed by atoms with E-state index >= 15 is 0 Å². The van der Waals surface area contributed by atoms with Crippen molar-refractivity contribution in [1.82, 2.24) is 30.3 Å². The van der Waals surface area contributed by atoms with Crippen molar-refractivity contribution < 1.29 is 9.53 Å². The Hall–Kier alpha value is -3.16. The van der Waals surface area contributed by atoms with Gasteiger partial charge >= 0.3 is 0 Å². The van der Waals surface area contributed by atoms with Gasteiger partial charge < -0.3 is 10.1 Å². The maximum absolute atomic E-state index is 12.3. The van der Waals surface area contributed by atoms with Crippen LogP contribution in [0.15, 0.2) is 24.4 Å². The summed E-state index contributed by atoms with van der Waals surface area (Å²) in [5.41, 5.74) is 4.83. The molecule has 130 valence electrons. The molecule has 0 aromatic carbocycles. The second-order valence-electron chi connectivity index (χ2n) is 5.73. The number of rotatable bonds is 5. The van der Waals surface area contributed by atoms with Crippen molar-refractivity contribution >= 4 is 5.91 Å². The molecule has 0 bridgehead atoms. The second kappa shape index (κ2) is 6.76. The highest BCUT2D eigenvalue weighted by atomic mass is 16.5. The summed E-state index contributed by atoms with van der Waals surface area (Å²) >= 11 is 0. The summed E-state index contributed by atoms with van der Waals surface area (Å²) in [6.07, 6.45) is 1.64. The third kappa shape index (κ3) is 3.37. The molecule has 0 unspecified atom stereocenters. The highest BCUT2D eigenvalue weighted by Gasteiger charge is 2.17. The molecular formula is C17H20N6O2. The molecule has 3 aromatic rings. The SMILES string of the molecule is COc1cc(CNC(=O)c2cc(-c3c(C)nn(C)c3C)n[nH]2)ccn1. The molecule has 0 saturated carbocycles. The van der Waals surface area contributed by atoms with Crippen molar-refractivity contribution in [2.45, 2.75) is 20.4 Å². The fourth-order valence-electron chi connectivity index (χ4n) is 2.66. The molecule has 0 radical (unpaired) electrons. The van der Waals surface area contributed by atoms with Crippen LogP contribution in [0.4, 0.5) is 0 Å². The van der Waals surface area contributed by atoms with E-state index in [0.717, 1.165) is 22.5 Å². The number of H-pyrrole nitrogens is 1. The minimum absolute atomic E-state index is 0.228. The van der Waals surface area contributed by atoms with Crippen molar-refractivity contribution in [1.29, 1.82) is 0 Å². The predicted molar refractivity (Wildman–Crippen MR) is 92.2 cm³/mol. The van der Waals surface area contributed by atoms with Gasteiger partial charge in [-0.3, -0.25) is 14.6 Å². The van der Waals surface area contributed by atoms with Crippen LogP contribution in [-0.4, -0.2) is 38.0 Å². The number of carbonyl (C=O) groups excluding carboxylic acids is 1. The lowest BCUT2D eigenvalue weighted by atomic mass is 10.1. The van der Waals surface area contributed by atoms with Gasteiger partial charge in [0.05, 0.1) is 18.5 Å². The topological polar surface area (TPSA) is 97.7 Å². The summed E-state index contributed by atoms with van der Waals surface area (Å²) in [6, 6.07) is 5.34. The summed E-state index contributed by atoms with van der Waals surface area (Å²) in [5, 5.41) is 14.3. The molecule has 2 N–H and O–H groups in total. The summed E-state index contributed by atoms with van der Waals surface area (Å²) in [5.74, 6) is 0.284. The summed E-state index contributed by atoms with van der Waals surface area (Å²) < 4.78 is 6.88. The van der Waals surface area contributed by atoms with E-state index in [0.29, 0.717) is 23.8 Å². The normalized spacial score (nSPS) is 10.7. The fourth-order valence-corrected chi connectivity index (χ4v) is 2.66. The van der Waals surface area contributed by atoms with Crippen molar-refractivity contribution in [3.05, 3.63) is 47.0 Å². The van der Waals surface area contributed by atoms with Crippen LogP contribution >= 0.6 is 0 Å². The lowest BCUT2D eigenvalue weighted by molar-refractivity contribution is 0.0946. The number of aryl methyl sites for hydroxylation is 2. The van der Waals surface area contributed by atoms with Crippen LogP contribution in [0.5, 0.6) is 5.88 Å². The molecular weight excluding hydrogens is 320 g/mol. The maximum atomic E-state index is 12.3. The van der Waals surface area contributed by atoms with Crippen LogP contribution in [0.25, 0.3) is 11.3 Å². The molecule has 0 spiro atoms. The smallest absolute Gasteiger partial charge is 0.269 e. The Labute approximate surface area is 145 Å². The van der Waals surface area contributed by atoms with Gasteiger partial charge in [0.25, 0.3) is 5.91 Å². The molecule has 0 aliphatic carbocycles. The Morgan fingerprint density at radius 2 is 2.16 bits per heavy atom. The fraction of sp³-hybridized carbons (Fsp3) is 0.294. The zero-order valence-electron chi connectivity index (χ0n) is 14.6. The number of nitrogens with one attached hydrogen (secondary N) is 2. The predicted octanol–water partition coefficient (Wildman–Crippen LogP) is 1.76. The molecule has 0 atom stereocenters. The summed E-state index contributed by atoms with van der Waals surface area (Å²) in [6.45, 7) is 4.27. The summed E-state index contributed by atoms with van der Waals surface area (Å²) in [4.78, 5) is 16.4. The maximum Gasteiger partial charge on any atom is 0.269 e. The first-order valence-corrected chi connectivity index (χ1v) is 7.82. The van der Waals surface area contributed by atoms with Gasteiger partial charge in [0, 0.05) is 37.1 Å². The number of amides is 1. The number of ether oxygens (including phenoxy) is 1. The van der Waals surface area contributed by atoms with Crippen molar-refractivity contribution in [3.63, 3.8) is 0 Å². The molecule has 0 fully saturated rings. The van der Waals surface area contributed by atoms with Gasteiger partial charge in [0.2, 0.25) is 5.88 Å². The first kappa shape index (κ1) is 16.7. The highest BCUT2D eigenvalue weighted by Crippen LogP contribution is 2.25. The molecule has 8 heteroatoms. The van der Waals surface area contributed by atoms with Gasteiger partial charge in [-0.1, -0.05) is 0 Å². The van der Waals surface area contributed by atoms with E-state index < -0.39 is 0 Å². The second-order valence-corrected chi connectivity index (χ2v) is 5.73. The molecule has 0 aliphatic heterocycles. The number of aromatic amines is 1. The number of nitrogens with zero attached hydrogens (tertiary/aromatic N) is 4. The van der Waals surface area contributed by atoms with Crippen LogP contribution in [0.2, 0.25) is 0 Å². The van der Waals surface area contributed by atoms with Crippen LogP contribution in [0, 0.1) is 13.8 Å². The van der Waals surface area contributed by atoms with Gasteiger partial charge in [-0.25, -0.2) is 4.98 Å². The first-order valence-electron chi connectivity index (χ1n) is 7.82. The average molecular weight is 340 g/mol. The van der Waals surface area contributed by atoms with Crippen molar-refractivity contribution in [3.8, 4) is 17.1 Å². The van der Waals surface area contributed by atoms with Crippen LogP contribution < -0.4 is 10.1 Å². The Bertz CT molecular complexity index is 912. The number of hydrogen-bond acceptors (Lipinski definition) is 5. The highest BCUT2D eigenvalue weighted by molar-refractivity contribution is 5.93. The number of carbonyl (C=O) groups is 1. The van der Waals surface area contributed by atoms with E-state index in [1.807, 2.05) is 27.0 Å². The van der Waals surface area contributed by atoms with E-state index in [9.17, 15) is 4.79 Å². The quantitative estimate of drug-likeness (QED) is 0.737. The zero-order valence-corrected chi connectivity index (χ0v) is 14.6. The number of aromatic nitrogens is 5. The first-order chi connectivity index (χ1) is 12.0. The monoisotopic (exact) mass is 340 g/mol. The van der Waals surface area contributed by atoms with Gasteiger partial charge in [-0.15, -0.1) is 0 Å². The molecule has 3 heterocycles. The minimum atomic E-state index is -0.228. The van der Waals surface area contributed by atoms with E-state index in [4.69, 9.17) is 4.74 Å². The molecule has 8 nitrogen and oxygen atoms in total. The van der Waals surface area contributed by atoms with Crippen LogP contribution in [-0.2, 0) is 13.6 Å². The third-order valence-corrected chi connectivity index (χ3v) is 4.05. The van der Waals surface area contributed by atoms with Gasteiger partial charge in [0.1, 0.15) is 5.69 Å². The molecule has 0 aliphatic rings. The lowest BCUT2D eigenvalue weighted by Crippen LogP contribution is -2.23. The Morgan fingerprint density at radius 3 is 2.84 bits per heavy atom. The Balaban J connectivity index is 1.72. The third-order valence-electron chi connectivity index (χ3n) is 4.05. The van der Waals surface area contributed by atoms with Gasteiger partial charge in [-0.2, -0.15) is 10.2 Å². The van der Waals surface area contributed by atoms with Gasteiger partial charge in [0.15, 0.2) is 0 Å². The Kier molecular flexibility index (Phi) is 4.51. The molecule has 0 saturated heterocycles. The largest absolute Gasteiger partial charge is 0.481 e. The molecule has 1 amide bonds. The standard InChI is InChI=1S/C17H20N6O2/c1-10-16(11(2)23(3)22-10)13-8-14(21-20-13)17(24)19-9-12-5-6-18-15(7-12)25-4/h5-8H,9H2,1-4H3,(H,19,24)(H,20,21). The van der Waals surface area contributed by atoms with Crippen molar-refractivity contribution in [2.75, 3.05) is 7.11 Å². The van der Waals surface area contributed by atoms with Crippen molar-refractivity contribution in [2.24, 2.45) is 7.05 Å². The zero-order chi connectivity index (χ0) is 18.0. The minimum Gasteiger partial charge on any atom is -0.481 e. The van der Waals surface area contributed by atoms with Crippen LogP contribution in [0.3, 0.4) is 0 Å². The van der Waals surface area contributed by atoms with Crippen LogP contribution in [0.1, 0.15) is 27.4 Å². The molecule has 3 aromatic heterocycles. The lowest BCUT2D eigenvalue weighted by Gasteiger charge is -2.05. The number of pyridine rings is 1. The average Bonchev–Trinajstić information content (AvgIpc) is 3.18. The Morgan fingerprint density at radius 1 is 1.36 bits per heavy atom. The summed E-state index contributed by atoms with van der Waals surface area (Å²) in [7, 11) is 3.44. The molecule has 3 rings (SSSR count). The number of hydrogen-bond donors (Lipinski definition) is 2. The van der Waals surface area contributed by atoms with E-state index in [1.165, 1.54) is 0 Å². The van der Waals surface area contributed by atoms with E-state index in [1.54, 1.807) is 30.1 Å². The number of methoxy groups -OCH3 is 1. The van der Waals surface area contributed by atoms with E-state index in [-0.39, 0.29) is 5.91 Å².